The molecule has 1 fully saturated rings. The summed E-state index contributed by atoms with van der Waals surface area (Å²) < 4.78 is 20.0. The van der Waals surface area contributed by atoms with Gasteiger partial charge in [-0.2, -0.15) is 0 Å². The fraction of sp³-hybridized carbons (Fsp3) is 0.172. The summed E-state index contributed by atoms with van der Waals surface area (Å²) in [7, 11) is 0. The van der Waals surface area contributed by atoms with Gasteiger partial charge in [-0.25, -0.2) is 4.39 Å². The first-order valence-corrected chi connectivity index (χ1v) is 14.5. The van der Waals surface area contributed by atoms with Crippen LogP contribution in [0, 0.1) is 5.82 Å². The number of hydrogen-bond donors (Lipinski definition) is 1. The third-order valence-corrected chi connectivity index (χ3v) is 8.47. The Morgan fingerprint density at radius 2 is 1.85 bits per heavy atom. The predicted molar refractivity (Wildman–Crippen MR) is 154 cm³/mol. The average molecular weight is 596 g/mol. The third kappa shape index (κ3) is 5.89. The Morgan fingerprint density at radius 1 is 1.10 bits per heavy atom. The van der Waals surface area contributed by atoms with Gasteiger partial charge in [0.15, 0.2) is 4.34 Å². The monoisotopic (exact) mass is 595 g/mol. The van der Waals surface area contributed by atoms with Gasteiger partial charge in [0.05, 0.1) is 18.2 Å². The van der Waals surface area contributed by atoms with Gasteiger partial charge in [-0.05, 0) is 66.1 Å². The fourth-order valence-corrected chi connectivity index (χ4v) is 6.14. The minimum atomic E-state index is -1.00. The van der Waals surface area contributed by atoms with E-state index < -0.39 is 29.3 Å². The number of ether oxygens (including phenoxy) is 1. The maximum Gasteiger partial charge on any atom is 0.301 e. The lowest BCUT2D eigenvalue weighted by atomic mass is 9.95. The molecule has 1 saturated heterocycles. The molecule has 1 unspecified atom stereocenters. The number of Topliss-reactive ketones (excluding diaryl/α,β-unsaturated/α-hetero) is 1. The largest absolute Gasteiger partial charge is 0.507 e. The molecule has 4 aromatic rings. The zero-order valence-electron chi connectivity index (χ0n) is 21.2. The van der Waals surface area contributed by atoms with E-state index in [0.717, 1.165) is 12.0 Å². The molecule has 40 heavy (non-hydrogen) atoms. The van der Waals surface area contributed by atoms with Gasteiger partial charge in [-0.1, -0.05) is 65.9 Å². The van der Waals surface area contributed by atoms with Gasteiger partial charge in [-0.15, -0.1) is 10.2 Å². The summed E-state index contributed by atoms with van der Waals surface area (Å²) in [6, 6.07) is 18.5. The van der Waals surface area contributed by atoms with Gasteiger partial charge >= 0.3 is 5.91 Å². The molecule has 3 aromatic carbocycles. The van der Waals surface area contributed by atoms with Crippen molar-refractivity contribution in [1.82, 2.24) is 10.2 Å². The predicted octanol–water partition coefficient (Wildman–Crippen LogP) is 7.04. The standard InChI is InChI=1S/C29H23ClFN3O4S2/c1-2-14-38-22-5-3-4-19(15-22)24-23(25(35)18-8-12-21(31)13-9-18)26(36)27(37)34(24)28-32-33-29(40-28)39-16-17-6-10-20(30)11-7-17/h3-13,15,24,35H,2,14,16H2,1H3. The number of benzene rings is 3. The number of halogens is 2. The molecule has 0 bridgehead atoms. The minimum absolute atomic E-state index is 0.130. The van der Waals surface area contributed by atoms with E-state index in [9.17, 15) is 19.1 Å². The minimum Gasteiger partial charge on any atom is -0.507 e. The van der Waals surface area contributed by atoms with Crippen LogP contribution in [-0.4, -0.2) is 33.6 Å². The van der Waals surface area contributed by atoms with E-state index >= 15 is 0 Å². The molecule has 1 N–H and O–H groups in total. The molecule has 204 valence electrons. The summed E-state index contributed by atoms with van der Waals surface area (Å²) in [6.07, 6.45) is 0.800. The fourth-order valence-electron chi connectivity index (χ4n) is 4.19. The molecule has 0 spiro atoms. The quantitative estimate of drug-likeness (QED) is 0.0729. The maximum absolute atomic E-state index is 13.6. The Hall–Kier alpha value is -3.73. The van der Waals surface area contributed by atoms with Crippen molar-refractivity contribution in [2.75, 3.05) is 11.5 Å². The second kappa shape index (κ2) is 12.2. The smallest absolute Gasteiger partial charge is 0.301 e. The number of anilines is 1. The van der Waals surface area contributed by atoms with Crippen molar-refractivity contribution in [1.29, 1.82) is 0 Å². The van der Waals surface area contributed by atoms with Gasteiger partial charge in [0.2, 0.25) is 5.13 Å². The van der Waals surface area contributed by atoms with Crippen molar-refractivity contribution in [3.05, 3.63) is 106 Å². The summed E-state index contributed by atoms with van der Waals surface area (Å²) in [4.78, 5) is 28.1. The lowest BCUT2D eigenvalue weighted by Crippen LogP contribution is -2.29. The topological polar surface area (TPSA) is 92.6 Å². The molecule has 1 aliphatic rings. The lowest BCUT2D eigenvalue weighted by molar-refractivity contribution is -0.132. The summed E-state index contributed by atoms with van der Waals surface area (Å²) >= 11 is 8.58. The number of nitrogens with zero attached hydrogens (tertiary/aromatic N) is 3. The number of carbonyl (C=O) groups is 2. The van der Waals surface area contributed by atoms with Crippen molar-refractivity contribution in [3.8, 4) is 5.75 Å². The van der Waals surface area contributed by atoms with E-state index in [-0.39, 0.29) is 16.3 Å². The third-order valence-electron chi connectivity index (χ3n) is 6.09. The number of thioether (sulfide) groups is 1. The molecule has 11 heteroatoms. The van der Waals surface area contributed by atoms with E-state index in [1.807, 2.05) is 31.2 Å². The van der Waals surface area contributed by atoms with Crippen molar-refractivity contribution in [2.45, 2.75) is 29.5 Å². The second-order valence-corrected chi connectivity index (χ2v) is 11.5. The molecule has 1 aliphatic heterocycles. The van der Waals surface area contributed by atoms with E-state index in [4.69, 9.17) is 16.3 Å². The molecule has 1 aromatic heterocycles. The van der Waals surface area contributed by atoms with Gasteiger partial charge < -0.3 is 9.84 Å². The second-order valence-electron chi connectivity index (χ2n) is 8.86. The molecule has 5 rings (SSSR count). The Balaban J connectivity index is 1.54. The van der Waals surface area contributed by atoms with Crippen LogP contribution in [0.2, 0.25) is 5.02 Å². The van der Waals surface area contributed by atoms with Crippen molar-refractivity contribution < 1.29 is 23.8 Å². The Morgan fingerprint density at radius 3 is 2.58 bits per heavy atom. The van der Waals surface area contributed by atoms with Crippen LogP contribution in [0.3, 0.4) is 0 Å². The summed E-state index contributed by atoms with van der Waals surface area (Å²) in [5.41, 5.74) is 1.66. The molecule has 1 amide bonds. The van der Waals surface area contributed by atoms with Crippen LogP contribution in [0.4, 0.5) is 9.52 Å². The number of hydrogen-bond acceptors (Lipinski definition) is 8. The Bertz CT molecular complexity index is 1570. The molecule has 0 saturated carbocycles. The van der Waals surface area contributed by atoms with E-state index in [1.165, 1.54) is 52.3 Å². The summed E-state index contributed by atoms with van der Waals surface area (Å²) in [5, 5.41) is 20.5. The van der Waals surface area contributed by atoms with Gasteiger partial charge in [0, 0.05) is 16.3 Å². The van der Waals surface area contributed by atoms with Gasteiger partial charge in [0.25, 0.3) is 5.78 Å². The number of ketones is 1. The zero-order valence-corrected chi connectivity index (χ0v) is 23.6. The van der Waals surface area contributed by atoms with Crippen molar-refractivity contribution in [2.24, 2.45) is 0 Å². The maximum atomic E-state index is 13.6. The van der Waals surface area contributed by atoms with E-state index in [1.54, 1.807) is 24.3 Å². The van der Waals surface area contributed by atoms with Gasteiger partial charge in [0.1, 0.15) is 17.3 Å². The molecular formula is C29H23ClFN3O4S2. The first-order chi connectivity index (χ1) is 19.4. The molecule has 0 radical (unpaired) electrons. The molecular weight excluding hydrogens is 573 g/mol. The molecule has 1 atom stereocenters. The van der Waals surface area contributed by atoms with Crippen molar-refractivity contribution >= 4 is 57.3 Å². The zero-order chi connectivity index (χ0) is 28.2. The summed E-state index contributed by atoms with van der Waals surface area (Å²) in [6.45, 7) is 2.48. The highest BCUT2D eigenvalue weighted by Gasteiger charge is 2.48. The SMILES string of the molecule is CCCOc1cccc(C2C(=C(O)c3ccc(F)cc3)C(=O)C(=O)N2c2nnc(SCc3ccc(Cl)cc3)s2)c1. The number of rotatable bonds is 9. The first kappa shape index (κ1) is 27.8. The van der Waals surface area contributed by atoms with Crippen LogP contribution in [0.25, 0.3) is 5.76 Å². The first-order valence-electron chi connectivity index (χ1n) is 12.4. The van der Waals surface area contributed by atoms with Crippen LogP contribution in [0.1, 0.15) is 36.1 Å². The van der Waals surface area contributed by atoms with Crippen molar-refractivity contribution in [3.63, 3.8) is 0 Å². The van der Waals surface area contributed by atoms with Gasteiger partial charge in [-0.3, -0.25) is 14.5 Å². The van der Waals surface area contributed by atoms with Crippen LogP contribution < -0.4 is 9.64 Å². The summed E-state index contributed by atoms with van der Waals surface area (Å²) in [5.74, 6) is -1.46. The highest BCUT2D eigenvalue weighted by molar-refractivity contribution is 8.00. The van der Waals surface area contributed by atoms with Crippen LogP contribution in [-0.2, 0) is 15.3 Å². The number of aliphatic hydroxyl groups is 1. The van der Waals surface area contributed by atoms with Crippen LogP contribution >= 0.6 is 34.7 Å². The van der Waals surface area contributed by atoms with Crippen LogP contribution in [0.15, 0.2) is 82.7 Å². The Labute approximate surface area is 243 Å². The number of aromatic nitrogens is 2. The van der Waals surface area contributed by atoms with Crippen LogP contribution in [0.5, 0.6) is 5.75 Å². The number of carbonyl (C=O) groups excluding carboxylic acids is 2. The normalized spacial score (nSPS) is 16.5. The number of aliphatic hydroxyl groups excluding tert-OH is 1. The molecule has 2 heterocycles. The van der Waals surface area contributed by atoms with E-state index in [2.05, 4.69) is 10.2 Å². The highest BCUT2D eigenvalue weighted by atomic mass is 35.5. The average Bonchev–Trinajstić information content (AvgIpc) is 3.53. The Kier molecular flexibility index (Phi) is 8.49. The lowest BCUT2D eigenvalue weighted by Gasteiger charge is -2.23. The highest BCUT2D eigenvalue weighted by Crippen LogP contribution is 2.44. The molecule has 7 nitrogen and oxygen atoms in total. The van der Waals surface area contributed by atoms with E-state index in [0.29, 0.717) is 33.0 Å². The molecule has 0 aliphatic carbocycles. The number of amides is 1.